The van der Waals surface area contributed by atoms with Gasteiger partial charge in [-0.15, -0.1) is 40.2 Å². The average molecular weight is 847 g/mol. The van der Waals surface area contributed by atoms with Crippen molar-refractivity contribution >= 4 is 81.8 Å². The summed E-state index contributed by atoms with van der Waals surface area (Å²) in [6, 6.07) is 18.1. The Hall–Kier alpha value is -5.75. The molecule has 3 amide bonds. The van der Waals surface area contributed by atoms with E-state index in [1.54, 1.807) is 22.7 Å². The molecule has 2 aliphatic rings. The van der Waals surface area contributed by atoms with E-state index in [2.05, 4.69) is 50.0 Å². The molecule has 0 saturated heterocycles. The summed E-state index contributed by atoms with van der Waals surface area (Å²) in [6.07, 6.45) is 3.84. The summed E-state index contributed by atoms with van der Waals surface area (Å²) >= 11 is 3.43. The highest BCUT2D eigenvalue weighted by molar-refractivity contribution is 7.13. The van der Waals surface area contributed by atoms with Crippen molar-refractivity contribution in [3.63, 3.8) is 0 Å². The zero-order valence-electron chi connectivity index (χ0n) is 32.5. The molecule has 2 aromatic carbocycles. The summed E-state index contributed by atoms with van der Waals surface area (Å²) in [7, 11) is 0. The molecule has 2 aliphatic heterocycles. The predicted octanol–water partition coefficient (Wildman–Crippen LogP) is 5.40. The molecule has 7 rings (SSSR count). The second-order valence-corrected chi connectivity index (χ2v) is 16.4. The third-order valence-electron chi connectivity index (χ3n) is 9.25. The monoisotopic (exact) mass is 846 g/mol. The molecule has 10 N–H and O–H groups in total. The quantitative estimate of drug-likeness (QED) is 0.0803. The van der Waals surface area contributed by atoms with Crippen molar-refractivity contribution in [3.8, 4) is 0 Å². The lowest BCUT2D eigenvalue weighted by molar-refractivity contribution is -0.129. The van der Waals surface area contributed by atoms with Crippen LogP contribution >= 0.6 is 35.1 Å². The first-order valence-electron chi connectivity index (χ1n) is 18.2. The van der Waals surface area contributed by atoms with Crippen LogP contribution in [0.4, 0.5) is 11.4 Å². The molecule has 306 valence electrons. The fourth-order valence-corrected chi connectivity index (χ4v) is 8.45. The van der Waals surface area contributed by atoms with Crippen LogP contribution in [0.5, 0.6) is 0 Å². The van der Waals surface area contributed by atoms with Crippen LogP contribution in [0, 0.1) is 33.1 Å². The van der Waals surface area contributed by atoms with Gasteiger partial charge in [-0.1, -0.05) is 60.7 Å². The maximum atomic E-state index is 12.6. The van der Waals surface area contributed by atoms with Crippen molar-refractivity contribution in [1.29, 1.82) is 5.41 Å². The summed E-state index contributed by atoms with van der Waals surface area (Å²) in [5.74, 6) is -2.06. The molecule has 5 heterocycles. The number of carboxylic acids is 1. The number of benzene rings is 2. The first-order chi connectivity index (χ1) is 27.2. The molecule has 0 bridgehead atoms. The lowest BCUT2D eigenvalue weighted by Crippen LogP contribution is -2.43. The van der Waals surface area contributed by atoms with Crippen molar-refractivity contribution in [1.82, 2.24) is 20.5 Å². The maximum Gasteiger partial charge on any atom is 0.373 e. The average Bonchev–Trinajstić information content (AvgIpc) is 3.75. The first-order valence-corrected chi connectivity index (χ1v) is 19.8. The number of H-pyrrole nitrogens is 1. The molecule has 3 aromatic heterocycles. The van der Waals surface area contributed by atoms with Gasteiger partial charge >= 0.3 is 5.97 Å². The van der Waals surface area contributed by atoms with Crippen LogP contribution in [0.3, 0.4) is 0 Å². The van der Waals surface area contributed by atoms with Crippen LogP contribution in [0.25, 0.3) is 0 Å². The minimum atomic E-state index is -1.38. The summed E-state index contributed by atoms with van der Waals surface area (Å²) in [6.45, 7) is 8.19. The van der Waals surface area contributed by atoms with E-state index < -0.39 is 23.8 Å². The number of aliphatic carboxylic acids is 1. The van der Waals surface area contributed by atoms with Gasteiger partial charge in [0.05, 0.1) is 17.4 Å². The maximum absolute atomic E-state index is 12.6. The van der Waals surface area contributed by atoms with E-state index in [0.717, 1.165) is 52.2 Å². The molecule has 2 atom stereocenters. The molecule has 15 nitrogen and oxygen atoms in total. The number of amidine groups is 2. The van der Waals surface area contributed by atoms with Crippen LogP contribution in [0.2, 0.25) is 0 Å². The van der Waals surface area contributed by atoms with Gasteiger partial charge in [0.1, 0.15) is 17.7 Å². The number of nitrogens with zero attached hydrogens (tertiary/aromatic N) is 3. The van der Waals surface area contributed by atoms with Crippen LogP contribution < -0.4 is 27.4 Å². The number of nitrogens with two attached hydrogens (primary N) is 2. The standard InChI is InChI=1S/C20H21N5O2S.C10H11N3O2.C10H14N2OS.ClH/c1-11-14-8-9-15(19(26)23-17(14)12(2)28-11)21-20(27)18-22-16(24-25-18)10-13-6-4-3-5-7-13;11-8(13-9(12)10(14)15)6-7-4-2-1-3-5-7;1-5-7-3-4-8(11)10(13)12-9(7)6(2)14-5;/h3-7,15H,8-10H2,1-2H3,(H,21,27)(H,23,26)(H,22,24,25);1-5H,6H2,(H,14,15)(H3,11,12,13);8H,3-4,11H2,1-2H3,(H,12,13);1H. The summed E-state index contributed by atoms with van der Waals surface area (Å²) in [5.41, 5.74) is 17.5. The molecule has 0 radical (unpaired) electrons. The Morgan fingerprint density at radius 2 is 1.40 bits per heavy atom. The second-order valence-electron chi connectivity index (χ2n) is 13.5. The van der Waals surface area contributed by atoms with Crippen molar-refractivity contribution in [3.05, 3.63) is 114 Å². The number of halogens is 1. The van der Waals surface area contributed by atoms with E-state index >= 15 is 0 Å². The summed E-state index contributed by atoms with van der Waals surface area (Å²) < 4.78 is 0. The minimum absolute atomic E-state index is 0. The number of carbonyl (C=O) groups excluding carboxylic acids is 3. The largest absolute Gasteiger partial charge is 0.475 e. The first kappa shape index (κ1) is 45.0. The highest BCUT2D eigenvalue weighted by Gasteiger charge is 2.29. The van der Waals surface area contributed by atoms with Gasteiger partial charge in [-0.2, -0.15) is 0 Å². The Balaban J connectivity index is 0.000000210. The minimum Gasteiger partial charge on any atom is -0.475 e. The SMILES string of the molecule is Cc1sc(C)c2c1CCC(N)C(=O)N2.Cc1sc(C)c2c1CCC(NC(=O)c1n[nH]c(Cc3ccccc3)n1)C(=O)N2.Cl.N=C(N=C(N)Cc1ccccc1)C(=O)O. The number of fused-ring (bicyclic) bond motifs is 2. The van der Waals surface area contributed by atoms with Crippen LogP contribution in [-0.2, 0) is 40.1 Å². The van der Waals surface area contributed by atoms with Crippen molar-refractivity contribution in [2.75, 3.05) is 10.6 Å². The summed E-state index contributed by atoms with van der Waals surface area (Å²) in [5, 5.41) is 30.8. The van der Waals surface area contributed by atoms with E-state index in [1.165, 1.54) is 20.2 Å². The highest BCUT2D eigenvalue weighted by Crippen LogP contribution is 2.36. The van der Waals surface area contributed by atoms with Gasteiger partial charge in [0.15, 0.2) is 0 Å². The van der Waals surface area contributed by atoms with Gasteiger partial charge in [-0.05, 0) is 75.6 Å². The Kier molecular flexibility index (Phi) is 16.0. The molecule has 0 saturated carbocycles. The number of thiophene rings is 2. The van der Waals surface area contributed by atoms with Gasteiger partial charge in [0, 0.05) is 32.4 Å². The van der Waals surface area contributed by atoms with Crippen LogP contribution in [0.1, 0.15) is 71.0 Å². The number of hydrogen-bond acceptors (Lipinski definition) is 10. The Morgan fingerprint density at radius 3 is 1.97 bits per heavy atom. The molecule has 58 heavy (non-hydrogen) atoms. The van der Waals surface area contributed by atoms with Gasteiger partial charge in [-0.3, -0.25) is 24.9 Å². The van der Waals surface area contributed by atoms with Gasteiger partial charge in [-0.25, -0.2) is 14.8 Å². The van der Waals surface area contributed by atoms with Crippen molar-refractivity contribution in [2.24, 2.45) is 16.5 Å². The number of aromatic amines is 1. The van der Waals surface area contributed by atoms with E-state index in [0.29, 0.717) is 25.1 Å². The smallest absolute Gasteiger partial charge is 0.373 e. The fourth-order valence-electron chi connectivity index (χ4n) is 6.33. The highest BCUT2D eigenvalue weighted by atomic mass is 35.5. The number of carboxylic acid groups (broad SMARTS) is 1. The van der Waals surface area contributed by atoms with Gasteiger partial charge in [0.2, 0.25) is 23.5 Å². The lowest BCUT2D eigenvalue weighted by Gasteiger charge is -2.14. The summed E-state index contributed by atoms with van der Waals surface area (Å²) in [4.78, 5) is 59.4. The number of aromatic nitrogens is 3. The lowest BCUT2D eigenvalue weighted by atomic mass is 10.1. The second kappa shape index (κ2) is 20.6. The molecule has 5 aromatic rings. The molecule has 18 heteroatoms. The molecular weight excluding hydrogens is 800 g/mol. The van der Waals surface area contributed by atoms with Crippen LogP contribution in [-0.4, -0.2) is 67.7 Å². The van der Waals surface area contributed by atoms with Crippen molar-refractivity contribution in [2.45, 2.75) is 78.3 Å². The molecule has 2 unspecified atom stereocenters. The van der Waals surface area contributed by atoms with Gasteiger partial charge in [0.25, 0.3) is 5.91 Å². The van der Waals surface area contributed by atoms with E-state index in [4.69, 9.17) is 22.0 Å². The molecule has 0 aliphatic carbocycles. The predicted molar refractivity (Wildman–Crippen MR) is 231 cm³/mol. The zero-order valence-corrected chi connectivity index (χ0v) is 34.9. The van der Waals surface area contributed by atoms with E-state index in [9.17, 15) is 19.2 Å². The van der Waals surface area contributed by atoms with E-state index in [1.807, 2.05) is 74.5 Å². The van der Waals surface area contributed by atoms with E-state index in [-0.39, 0.29) is 41.9 Å². The number of amides is 3. The van der Waals surface area contributed by atoms with Crippen LogP contribution in [0.15, 0.2) is 65.7 Å². The number of nitrogens with one attached hydrogen (secondary N) is 5. The Morgan fingerprint density at radius 1 is 0.862 bits per heavy atom. The van der Waals surface area contributed by atoms with Crippen molar-refractivity contribution < 1.29 is 24.3 Å². The molecule has 0 spiro atoms. The third kappa shape index (κ3) is 11.9. The van der Waals surface area contributed by atoms with Gasteiger partial charge < -0.3 is 32.5 Å². The normalized spacial score (nSPS) is 15.8. The topological polar surface area (TPSA) is 254 Å². The Labute approximate surface area is 350 Å². The Bertz CT molecular complexity index is 2290. The zero-order chi connectivity index (χ0) is 41.2. The number of aryl methyl sites for hydroxylation is 4. The molecular formula is C40H47ClN10O5S2. The number of rotatable bonds is 6. The third-order valence-corrected chi connectivity index (χ3v) is 11.4. The number of aliphatic imine (C=N–C) groups is 1. The number of carbonyl (C=O) groups is 4. The number of anilines is 2. The molecule has 0 fully saturated rings. The fraction of sp³-hybridized carbons (Fsp3) is 0.300. The number of hydrogen-bond donors (Lipinski definition) is 8.